The number of H-pyrrole nitrogens is 1. The van der Waals surface area contributed by atoms with Crippen LogP contribution in [0.4, 0.5) is 5.82 Å². The maximum Gasteiger partial charge on any atom is 0.193 e. The van der Waals surface area contributed by atoms with Crippen LogP contribution in [0, 0.1) is 0 Å². The molecule has 13 heavy (non-hydrogen) atoms. The minimum atomic E-state index is 0.481. The highest BCUT2D eigenvalue weighted by atomic mass is 15.5. The highest BCUT2D eigenvalue weighted by Crippen LogP contribution is 1.98. The minimum absolute atomic E-state index is 0.481. The Balaban J connectivity index is 1.94. The van der Waals surface area contributed by atoms with Gasteiger partial charge in [0.05, 0.1) is 12.7 Å². The quantitative estimate of drug-likeness (QED) is 0.662. The van der Waals surface area contributed by atoms with Gasteiger partial charge in [-0.2, -0.15) is 5.21 Å². The fourth-order valence-corrected chi connectivity index (χ4v) is 0.817. The first-order chi connectivity index (χ1) is 6.45. The highest BCUT2D eigenvalue weighted by Gasteiger charge is 1.97. The van der Waals surface area contributed by atoms with Gasteiger partial charge in [0, 0.05) is 12.4 Å². The van der Waals surface area contributed by atoms with E-state index in [0.717, 1.165) is 0 Å². The van der Waals surface area contributed by atoms with Gasteiger partial charge in [-0.1, -0.05) is 5.21 Å². The van der Waals surface area contributed by atoms with E-state index in [-0.39, 0.29) is 0 Å². The van der Waals surface area contributed by atoms with Crippen molar-refractivity contribution >= 4 is 5.82 Å². The molecule has 2 N–H and O–H groups in total. The molecule has 2 aromatic rings. The molecule has 0 aliphatic rings. The van der Waals surface area contributed by atoms with E-state index in [0.29, 0.717) is 18.2 Å². The fourth-order valence-electron chi connectivity index (χ4n) is 0.817. The Labute approximate surface area is 73.6 Å². The van der Waals surface area contributed by atoms with Gasteiger partial charge in [0.25, 0.3) is 0 Å². The number of hydrogen-bond acceptors (Lipinski definition) is 6. The van der Waals surface area contributed by atoms with Crippen molar-refractivity contribution in [1.29, 1.82) is 0 Å². The normalized spacial score (nSPS) is 9.85. The van der Waals surface area contributed by atoms with E-state index in [1.54, 1.807) is 18.6 Å². The van der Waals surface area contributed by atoms with Gasteiger partial charge in [0.1, 0.15) is 5.82 Å². The van der Waals surface area contributed by atoms with Crippen LogP contribution < -0.4 is 5.32 Å². The molecule has 0 amide bonds. The topological polar surface area (TPSA) is 92.3 Å². The van der Waals surface area contributed by atoms with Crippen LogP contribution in [0.1, 0.15) is 5.82 Å². The summed E-state index contributed by atoms with van der Waals surface area (Å²) in [6, 6.07) is 0. The van der Waals surface area contributed by atoms with Crippen LogP contribution in [0.3, 0.4) is 0 Å². The van der Waals surface area contributed by atoms with Crippen LogP contribution in [0.25, 0.3) is 0 Å². The summed E-state index contributed by atoms with van der Waals surface area (Å²) in [5.41, 5.74) is 0. The Morgan fingerprint density at radius 1 is 1.38 bits per heavy atom. The average Bonchev–Trinajstić information content (AvgIpc) is 2.69. The molecule has 7 heteroatoms. The summed E-state index contributed by atoms with van der Waals surface area (Å²) in [4.78, 5) is 7.91. The van der Waals surface area contributed by atoms with Crippen LogP contribution in [0.5, 0.6) is 0 Å². The molecule has 0 aliphatic heterocycles. The first kappa shape index (κ1) is 7.59. The van der Waals surface area contributed by atoms with Crippen molar-refractivity contribution in [2.45, 2.75) is 6.54 Å². The predicted octanol–water partition coefficient (Wildman–Crippen LogP) is -0.398. The Morgan fingerprint density at radius 2 is 2.38 bits per heavy atom. The summed E-state index contributed by atoms with van der Waals surface area (Å²) in [6.07, 6.45) is 4.85. The molecule has 66 valence electrons. The molecule has 2 heterocycles. The zero-order chi connectivity index (χ0) is 8.93. The molecule has 0 saturated heterocycles. The third-order valence-corrected chi connectivity index (χ3v) is 1.38. The molecule has 0 fully saturated rings. The lowest BCUT2D eigenvalue weighted by Gasteiger charge is -1.99. The van der Waals surface area contributed by atoms with Crippen molar-refractivity contribution in [3.05, 3.63) is 24.4 Å². The monoisotopic (exact) mass is 177 g/mol. The van der Waals surface area contributed by atoms with E-state index in [2.05, 4.69) is 35.9 Å². The largest absolute Gasteiger partial charge is 0.361 e. The Kier molecular flexibility index (Phi) is 2.08. The second kappa shape index (κ2) is 3.57. The maximum atomic E-state index is 4.02. The van der Waals surface area contributed by atoms with E-state index in [4.69, 9.17) is 0 Å². The number of anilines is 1. The van der Waals surface area contributed by atoms with Crippen LogP contribution >= 0.6 is 0 Å². The summed E-state index contributed by atoms with van der Waals surface area (Å²) in [5, 5.41) is 16.3. The van der Waals surface area contributed by atoms with Crippen LogP contribution in [-0.4, -0.2) is 30.6 Å². The third-order valence-electron chi connectivity index (χ3n) is 1.38. The van der Waals surface area contributed by atoms with E-state index in [9.17, 15) is 0 Å². The summed E-state index contributed by atoms with van der Waals surface area (Å²) in [7, 11) is 0. The number of nitrogens with one attached hydrogen (secondary N) is 2. The van der Waals surface area contributed by atoms with Crippen molar-refractivity contribution in [3.8, 4) is 0 Å². The minimum Gasteiger partial charge on any atom is -0.361 e. The second-order valence-corrected chi connectivity index (χ2v) is 2.27. The average molecular weight is 177 g/mol. The van der Waals surface area contributed by atoms with E-state index < -0.39 is 0 Å². The number of rotatable bonds is 3. The molecule has 0 bridgehead atoms. The molecular formula is C6H7N7. The van der Waals surface area contributed by atoms with Gasteiger partial charge in [-0.15, -0.1) is 10.2 Å². The highest BCUT2D eigenvalue weighted by molar-refractivity contribution is 5.29. The molecule has 0 radical (unpaired) electrons. The molecule has 0 unspecified atom stereocenters. The lowest BCUT2D eigenvalue weighted by Crippen LogP contribution is -2.02. The standard InChI is InChI=1S/C6H7N7/c1-2-8-5(3-7-1)9-4-6-10-12-13-11-6/h1-3H,4H2,(H,8,9)(H,10,11,12,13). The molecule has 7 nitrogen and oxygen atoms in total. The molecule has 2 aromatic heterocycles. The number of aromatic amines is 1. The summed E-state index contributed by atoms with van der Waals surface area (Å²) < 4.78 is 0. The number of hydrogen-bond donors (Lipinski definition) is 2. The first-order valence-electron chi connectivity index (χ1n) is 3.67. The van der Waals surface area contributed by atoms with Gasteiger partial charge < -0.3 is 5.32 Å². The number of nitrogens with zero attached hydrogens (tertiary/aromatic N) is 5. The fraction of sp³-hybridized carbons (Fsp3) is 0.167. The predicted molar refractivity (Wildman–Crippen MR) is 43.5 cm³/mol. The molecule has 0 aliphatic carbocycles. The second-order valence-electron chi connectivity index (χ2n) is 2.27. The maximum absolute atomic E-state index is 4.02. The molecular weight excluding hydrogens is 170 g/mol. The smallest absolute Gasteiger partial charge is 0.193 e. The van der Waals surface area contributed by atoms with Gasteiger partial charge in [0.2, 0.25) is 0 Å². The van der Waals surface area contributed by atoms with Gasteiger partial charge in [0.15, 0.2) is 5.82 Å². The third kappa shape index (κ3) is 1.95. The Bertz CT molecular complexity index is 342. The molecule has 0 spiro atoms. The Morgan fingerprint density at radius 3 is 3.08 bits per heavy atom. The Hall–Kier alpha value is -2.05. The van der Waals surface area contributed by atoms with Crippen molar-refractivity contribution in [2.24, 2.45) is 0 Å². The summed E-state index contributed by atoms with van der Waals surface area (Å²) in [5.74, 6) is 1.28. The zero-order valence-electron chi connectivity index (χ0n) is 6.68. The number of aromatic nitrogens is 6. The first-order valence-corrected chi connectivity index (χ1v) is 3.67. The summed E-state index contributed by atoms with van der Waals surface area (Å²) >= 11 is 0. The summed E-state index contributed by atoms with van der Waals surface area (Å²) in [6.45, 7) is 0.481. The van der Waals surface area contributed by atoms with Crippen molar-refractivity contribution < 1.29 is 0 Å². The molecule has 2 rings (SSSR count). The molecule has 0 atom stereocenters. The lowest BCUT2D eigenvalue weighted by molar-refractivity contribution is 0.881. The number of tetrazole rings is 1. The van der Waals surface area contributed by atoms with E-state index in [1.165, 1.54) is 0 Å². The van der Waals surface area contributed by atoms with Crippen molar-refractivity contribution in [3.63, 3.8) is 0 Å². The van der Waals surface area contributed by atoms with Crippen molar-refractivity contribution in [1.82, 2.24) is 30.6 Å². The van der Waals surface area contributed by atoms with E-state index >= 15 is 0 Å². The van der Waals surface area contributed by atoms with Crippen LogP contribution in [-0.2, 0) is 6.54 Å². The van der Waals surface area contributed by atoms with E-state index in [1.807, 2.05) is 0 Å². The van der Waals surface area contributed by atoms with Crippen LogP contribution in [0.2, 0.25) is 0 Å². The van der Waals surface area contributed by atoms with Crippen LogP contribution in [0.15, 0.2) is 18.6 Å². The zero-order valence-corrected chi connectivity index (χ0v) is 6.68. The SMILES string of the molecule is c1cnc(NCc2nn[nH]n2)cn1. The lowest BCUT2D eigenvalue weighted by atomic mass is 10.5. The van der Waals surface area contributed by atoms with Crippen molar-refractivity contribution in [2.75, 3.05) is 5.32 Å². The van der Waals surface area contributed by atoms with Gasteiger partial charge in [-0.25, -0.2) is 4.98 Å². The van der Waals surface area contributed by atoms with Gasteiger partial charge in [-0.05, 0) is 0 Å². The molecule has 0 aromatic carbocycles. The van der Waals surface area contributed by atoms with Gasteiger partial charge >= 0.3 is 0 Å². The van der Waals surface area contributed by atoms with Gasteiger partial charge in [-0.3, -0.25) is 4.98 Å². The molecule has 0 saturated carbocycles.